The summed E-state index contributed by atoms with van der Waals surface area (Å²) in [5.74, 6) is 0.357. The zero-order valence-corrected chi connectivity index (χ0v) is 16.6. The number of fused-ring (bicyclic) bond motifs is 1. The number of H-pyrrole nitrogens is 1. The Balaban J connectivity index is 2.02. The number of esters is 1. The van der Waals surface area contributed by atoms with E-state index in [2.05, 4.69) is 9.97 Å². The lowest BCUT2D eigenvalue weighted by Gasteiger charge is -2.04. The fraction of sp³-hybridized carbons (Fsp3) is 0.235. The maximum absolute atomic E-state index is 12.1. The van der Waals surface area contributed by atoms with Crippen molar-refractivity contribution < 1.29 is 9.53 Å². The first-order valence-corrected chi connectivity index (χ1v) is 9.52. The number of thiophene rings is 1. The minimum absolute atomic E-state index is 0.329. The van der Waals surface area contributed by atoms with E-state index in [0.29, 0.717) is 38.4 Å². The number of rotatable bonds is 4. The second kappa shape index (κ2) is 7.41. The highest BCUT2D eigenvalue weighted by molar-refractivity contribution is 7.71. The van der Waals surface area contributed by atoms with Gasteiger partial charge in [-0.2, -0.15) is 0 Å². The van der Waals surface area contributed by atoms with Crippen LogP contribution in [0.2, 0.25) is 10.0 Å². The SMILES string of the molecule is CCOC(=O)c1sc2nc(Cc3ccc(Cl)c(Cl)c3)[nH]c(=S)c2c1C. The lowest BCUT2D eigenvalue weighted by molar-refractivity contribution is 0.0531. The molecule has 0 amide bonds. The molecule has 0 spiro atoms. The summed E-state index contributed by atoms with van der Waals surface area (Å²) in [7, 11) is 0. The fourth-order valence-electron chi connectivity index (χ4n) is 2.51. The topological polar surface area (TPSA) is 55.0 Å². The van der Waals surface area contributed by atoms with Crippen molar-refractivity contribution in [2.45, 2.75) is 20.3 Å². The Bertz CT molecular complexity index is 1030. The quantitative estimate of drug-likeness (QED) is 0.438. The summed E-state index contributed by atoms with van der Waals surface area (Å²) in [6, 6.07) is 5.44. The minimum atomic E-state index is -0.344. The zero-order chi connectivity index (χ0) is 18.1. The molecule has 0 atom stereocenters. The number of aryl methyl sites for hydroxylation is 1. The average molecular weight is 413 g/mol. The van der Waals surface area contributed by atoms with E-state index in [-0.39, 0.29) is 5.97 Å². The van der Waals surface area contributed by atoms with Crippen LogP contribution in [0.4, 0.5) is 0 Å². The standard InChI is InChI=1S/C17H14Cl2N2O2S2/c1-3-23-17(22)14-8(2)13-15(24)20-12(21-16(13)25-14)7-9-4-5-10(18)11(19)6-9/h4-6H,3,7H2,1-2H3,(H,20,21,24). The molecule has 0 unspecified atom stereocenters. The van der Waals surface area contributed by atoms with E-state index in [1.165, 1.54) is 11.3 Å². The molecule has 0 saturated carbocycles. The Morgan fingerprint density at radius 2 is 2.12 bits per heavy atom. The van der Waals surface area contributed by atoms with Crippen molar-refractivity contribution in [2.24, 2.45) is 0 Å². The molecule has 0 saturated heterocycles. The fourth-order valence-corrected chi connectivity index (χ4v) is 4.36. The molecule has 1 N–H and O–H groups in total. The lowest BCUT2D eigenvalue weighted by Crippen LogP contribution is -2.03. The molecule has 2 heterocycles. The van der Waals surface area contributed by atoms with Gasteiger partial charge in [0.05, 0.1) is 16.7 Å². The largest absolute Gasteiger partial charge is 0.462 e. The molecular weight excluding hydrogens is 399 g/mol. The van der Waals surface area contributed by atoms with E-state index in [0.717, 1.165) is 21.3 Å². The molecule has 0 fully saturated rings. The van der Waals surface area contributed by atoms with Gasteiger partial charge in [0.1, 0.15) is 20.2 Å². The molecule has 0 aliphatic rings. The van der Waals surface area contributed by atoms with E-state index >= 15 is 0 Å². The van der Waals surface area contributed by atoms with Crippen molar-refractivity contribution in [1.82, 2.24) is 9.97 Å². The van der Waals surface area contributed by atoms with Gasteiger partial charge in [-0.25, -0.2) is 9.78 Å². The monoisotopic (exact) mass is 412 g/mol. The van der Waals surface area contributed by atoms with Crippen LogP contribution in [0.5, 0.6) is 0 Å². The van der Waals surface area contributed by atoms with Crippen LogP contribution in [-0.4, -0.2) is 22.5 Å². The second-order valence-electron chi connectivity index (χ2n) is 5.39. The second-order valence-corrected chi connectivity index (χ2v) is 7.62. The van der Waals surface area contributed by atoms with Crippen LogP contribution in [0.1, 0.15) is 33.5 Å². The number of carbonyl (C=O) groups excluding carboxylic acids is 1. The molecule has 1 aromatic carbocycles. The highest BCUT2D eigenvalue weighted by Gasteiger charge is 2.19. The number of aromatic amines is 1. The molecule has 3 aromatic rings. The number of nitrogens with one attached hydrogen (secondary N) is 1. The molecule has 0 radical (unpaired) electrons. The first-order valence-electron chi connectivity index (χ1n) is 7.54. The van der Waals surface area contributed by atoms with Crippen molar-refractivity contribution in [1.29, 1.82) is 0 Å². The number of nitrogens with zero attached hydrogens (tertiary/aromatic N) is 1. The van der Waals surface area contributed by atoms with Crippen molar-refractivity contribution >= 4 is 62.9 Å². The Morgan fingerprint density at radius 3 is 2.80 bits per heavy atom. The van der Waals surface area contributed by atoms with Crippen molar-refractivity contribution in [2.75, 3.05) is 6.61 Å². The molecule has 4 nitrogen and oxygen atoms in total. The van der Waals surface area contributed by atoms with Gasteiger partial charge in [0, 0.05) is 11.8 Å². The molecule has 0 aliphatic heterocycles. The van der Waals surface area contributed by atoms with Gasteiger partial charge in [-0.1, -0.05) is 41.5 Å². The maximum Gasteiger partial charge on any atom is 0.348 e. The average Bonchev–Trinajstić information content (AvgIpc) is 2.88. The lowest BCUT2D eigenvalue weighted by atomic mass is 10.1. The molecule has 25 heavy (non-hydrogen) atoms. The Labute approximate surface area is 163 Å². The number of hydrogen-bond donors (Lipinski definition) is 1. The summed E-state index contributed by atoms with van der Waals surface area (Å²) >= 11 is 18.8. The minimum Gasteiger partial charge on any atom is -0.462 e. The Hall–Kier alpha value is -1.47. The molecular formula is C17H14Cl2N2O2S2. The molecule has 0 aliphatic carbocycles. The number of halogens is 2. The third-order valence-electron chi connectivity index (χ3n) is 3.67. The van der Waals surface area contributed by atoms with Gasteiger partial charge in [-0.15, -0.1) is 11.3 Å². The predicted molar refractivity (Wildman–Crippen MR) is 105 cm³/mol. The summed E-state index contributed by atoms with van der Waals surface area (Å²) in [6.45, 7) is 3.96. The smallest absolute Gasteiger partial charge is 0.348 e. The van der Waals surface area contributed by atoms with Crippen LogP contribution in [-0.2, 0) is 11.2 Å². The highest BCUT2D eigenvalue weighted by Crippen LogP contribution is 2.31. The first-order chi connectivity index (χ1) is 11.9. The van der Waals surface area contributed by atoms with Gasteiger partial charge in [0.2, 0.25) is 0 Å². The van der Waals surface area contributed by atoms with E-state index in [4.69, 9.17) is 40.2 Å². The van der Waals surface area contributed by atoms with Crippen LogP contribution in [0, 0.1) is 11.6 Å². The van der Waals surface area contributed by atoms with E-state index < -0.39 is 0 Å². The van der Waals surface area contributed by atoms with Crippen molar-refractivity contribution in [3.8, 4) is 0 Å². The number of aromatic nitrogens is 2. The van der Waals surface area contributed by atoms with Gasteiger partial charge in [-0.05, 0) is 37.1 Å². The van der Waals surface area contributed by atoms with Crippen LogP contribution >= 0.6 is 46.8 Å². The van der Waals surface area contributed by atoms with E-state index in [1.807, 2.05) is 13.0 Å². The number of benzene rings is 1. The number of hydrogen-bond acceptors (Lipinski definition) is 5. The van der Waals surface area contributed by atoms with Gasteiger partial charge in [-0.3, -0.25) is 0 Å². The molecule has 0 bridgehead atoms. The molecule has 8 heteroatoms. The normalized spacial score (nSPS) is 11.0. The number of carbonyl (C=O) groups is 1. The summed E-state index contributed by atoms with van der Waals surface area (Å²) in [5, 5.41) is 1.80. The molecule has 3 rings (SSSR count). The predicted octanol–water partition coefficient (Wildman–Crippen LogP) is 5.74. The Morgan fingerprint density at radius 1 is 1.36 bits per heavy atom. The third-order valence-corrected chi connectivity index (χ3v) is 5.88. The van der Waals surface area contributed by atoms with Crippen LogP contribution in [0.25, 0.3) is 10.2 Å². The van der Waals surface area contributed by atoms with Crippen LogP contribution < -0.4 is 0 Å². The summed E-state index contributed by atoms with van der Waals surface area (Å²) in [5.41, 5.74) is 1.76. The third kappa shape index (κ3) is 3.72. The van der Waals surface area contributed by atoms with Gasteiger partial charge in [0.15, 0.2) is 0 Å². The highest BCUT2D eigenvalue weighted by atomic mass is 35.5. The maximum atomic E-state index is 12.1. The van der Waals surface area contributed by atoms with Gasteiger partial charge < -0.3 is 9.72 Å². The number of ether oxygens (including phenoxy) is 1. The molecule has 2 aromatic heterocycles. The van der Waals surface area contributed by atoms with Gasteiger partial charge in [0.25, 0.3) is 0 Å². The van der Waals surface area contributed by atoms with E-state index in [1.54, 1.807) is 19.1 Å². The van der Waals surface area contributed by atoms with Crippen LogP contribution in [0.15, 0.2) is 18.2 Å². The summed E-state index contributed by atoms with van der Waals surface area (Å²) < 4.78 is 5.66. The zero-order valence-electron chi connectivity index (χ0n) is 13.5. The first kappa shape index (κ1) is 18.3. The summed E-state index contributed by atoms with van der Waals surface area (Å²) in [4.78, 5) is 21.1. The van der Waals surface area contributed by atoms with Crippen molar-refractivity contribution in [3.05, 3.63) is 54.7 Å². The summed E-state index contributed by atoms with van der Waals surface area (Å²) in [6.07, 6.45) is 0.530. The van der Waals surface area contributed by atoms with E-state index in [9.17, 15) is 4.79 Å². The molecule has 130 valence electrons. The Kier molecular flexibility index (Phi) is 5.43. The van der Waals surface area contributed by atoms with Crippen molar-refractivity contribution in [3.63, 3.8) is 0 Å². The van der Waals surface area contributed by atoms with Gasteiger partial charge >= 0.3 is 5.97 Å². The van der Waals surface area contributed by atoms with Crippen LogP contribution in [0.3, 0.4) is 0 Å².